The molecule has 4 nitrogen and oxygen atoms in total. The molecule has 1 aromatic rings. The zero-order valence-corrected chi connectivity index (χ0v) is 15.8. The van der Waals surface area contributed by atoms with E-state index in [0.717, 1.165) is 12.1 Å². The molecule has 1 aliphatic heterocycles. The fraction of sp³-hybridized carbons (Fsp3) is 0.500. The zero-order valence-electron chi connectivity index (χ0n) is 15.8. The van der Waals surface area contributed by atoms with Crippen molar-refractivity contribution in [2.75, 3.05) is 0 Å². The molecular weight excluding hydrogens is 376 g/mol. The Morgan fingerprint density at radius 1 is 1.36 bits per heavy atom. The topological polar surface area (TPSA) is 73.1 Å². The summed E-state index contributed by atoms with van der Waals surface area (Å²) in [7, 11) is 0. The van der Waals surface area contributed by atoms with Gasteiger partial charge in [-0.15, -0.1) is 0 Å². The van der Waals surface area contributed by atoms with E-state index in [1.807, 2.05) is 13.0 Å². The minimum absolute atomic E-state index is 0.00218. The van der Waals surface area contributed by atoms with Crippen molar-refractivity contribution in [3.05, 3.63) is 46.4 Å². The molecule has 0 aliphatic carbocycles. The first kappa shape index (κ1) is 21.7. The van der Waals surface area contributed by atoms with Crippen LogP contribution in [0.25, 0.3) is 0 Å². The fourth-order valence-electron chi connectivity index (χ4n) is 4.24. The highest BCUT2D eigenvalue weighted by Crippen LogP contribution is 2.53. The monoisotopic (exact) mass is 398 g/mol. The molecule has 0 amide bonds. The molecule has 0 radical (unpaired) electrons. The van der Waals surface area contributed by atoms with E-state index in [9.17, 15) is 32.7 Å². The van der Waals surface area contributed by atoms with Crippen LogP contribution in [-0.2, 0) is 11.0 Å². The average Bonchev–Trinajstić information content (AvgIpc) is 2.61. The summed E-state index contributed by atoms with van der Waals surface area (Å²) in [6.45, 7) is 4.97. The van der Waals surface area contributed by atoms with Gasteiger partial charge in [-0.25, -0.2) is 4.39 Å². The van der Waals surface area contributed by atoms with Crippen LogP contribution >= 0.6 is 0 Å². The maximum Gasteiger partial charge on any atom is 0.416 e. The maximum atomic E-state index is 13.7. The van der Waals surface area contributed by atoms with Crippen LogP contribution < -0.4 is 5.32 Å². The number of benzene rings is 1. The van der Waals surface area contributed by atoms with Crippen LogP contribution in [0.1, 0.15) is 57.1 Å². The van der Waals surface area contributed by atoms with E-state index in [-0.39, 0.29) is 12.0 Å². The summed E-state index contributed by atoms with van der Waals surface area (Å²) in [5.74, 6) is -3.72. The second-order valence-electron chi connectivity index (χ2n) is 7.00. The normalized spacial score (nSPS) is 25.2. The van der Waals surface area contributed by atoms with E-state index in [0.29, 0.717) is 24.6 Å². The first-order valence-electron chi connectivity index (χ1n) is 9.01. The number of nitrogens with one attached hydrogen (secondary N) is 1. The molecule has 1 aliphatic rings. The molecule has 0 saturated heterocycles. The van der Waals surface area contributed by atoms with Crippen LogP contribution in [-0.4, -0.2) is 17.1 Å². The minimum Gasteiger partial charge on any atom is -0.481 e. The van der Waals surface area contributed by atoms with E-state index in [1.165, 1.54) is 0 Å². The quantitative estimate of drug-likeness (QED) is 0.686. The number of halogens is 4. The lowest BCUT2D eigenvalue weighted by Crippen LogP contribution is -2.56. The Kier molecular flexibility index (Phi) is 6.07. The minimum atomic E-state index is -4.89. The lowest BCUT2D eigenvalue weighted by molar-refractivity contribution is -0.154. The standard InChI is InChI=1S/C20H22F4N2O2/c1-4-6-16-19(5-2,18(27)28)17(14(10-25)11(3)26-16)13-8-7-12(21)9-15(13)20(22,23)24/h7-9,16-17,26H,4-6H2,1-3H3,(H,27,28). The number of aliphatic carboxylic acids is 1. The van der Waals surface area contributed by atoms with Gasteiger partial charge in [0.25, 0.3) is 0 Å². The Hall–Kier alpha value is -2.56. The van der Waals surface area contributed by atoms with Crippen LogP contribution in [0, 0.1) is 22.6 Å². The molecule has 3 atom stereocenters. The van der Waals surface area contributed by atoms with Crippen molar-refractivity contribution in [2.45, 2.75) is 58.2 Å². The Balaban J connectivity index is 2.92. The molecule has 0 saturated carbocycles. The number of carbonyl (C=O) groups is 1. The highest BCUT2D eigenvalue weighted by Gasteiger charge is 2.56. The third kappa shape index (κ3) is 3.46. The van der Waals surface area contributed by atoms with E-state index in [1.54, 1.807) is 13.8 Å². The summed E-state index contributed by atoms with van der Waals surface area (Å²) in [5, 5.41) is 22.8. The molecule has 2 rings (SSSR count). The Bertz CT molecular complexity index is 842. The van der Waals surface area contributed by atoms with Crippen molar-refractivity contribution in [3.63, 3.8) is 0 Å². The van der Waals surface area contributed by atoms with Crippen LogP contribution in [0.2, 0.25) is 0 Å². The molecule has 0 aromatic heterocycles. The number of carboxylic acid groups (broad SMARTS) is 1. The third-order valence-corrected chi connectivity index (χ3v) is 5.53. The summed E-state index contributed by atoms with van der Waals surface area (Å²) in [6, 6.07) is 3.40. The summed E-state index contributed by atoms with van der Waals surface area (Å²) >= 11 is 0. The van der Waals surface area contributed by atoms with Crippen LogP contribution in [0.3, 0.4) is 0 Å². The first-order chi connectivity index (χ1) is 13.0. The van der Waals surface area contributed by atoms with Gasteiger partial charge in [0.15, 0.2) is 0 Å². The number of rotatable bonds is 5. The van der Waals surface area contributed by atoms with Crippen LogP contribution in [0.15, 0.2) is 29.5 Å². The van der Waals surface area contributed by atoms with E-state index >= 15 is 0 Å². The van der Waals surface area contributed by atoms with Crippen molar-refractivity contribution in [1.82, 2.24) is 5.32 Å². The number of nitrogens with zero attached hydrogens (tertiary/aromatic N) is 1. The predicted octanol–water partition coefficient (Wildman–Crippen LogP) is 4.98. The molecule has 2 N–H and O–H groups in total. The molecule has 8 heteroatoms. The van der Waals surface area contributed by atoms with Crippen molar-refractivity contribution in [2.24, 2.45) is 5.41 Å². The second kappa shape index (κ2) is 7.82. The Morgan fingerprint density at radius 3 is 2.46 bits per heavy atom. The predicted molar refractivity (Wildman–Crippen MR) is 94.6 cm³/mol. The lowest BCUT2D eigenvalue weighted by atomic mass is 9.59. The number of hydrogen-bond acceptors (Lipinski definition) is 3. The van der Waals surface area contributed by atoms with Gasteiger partial charge >= 0.3 is 12.1 Å². The number of allylic oxidation sites excluding steroid dienone is 2. The van der Waals surface area contributed by atoms with E-state index in [2.05, 4.69) is 5.32 Å². The van der Waals surface area contributed by atoms with Gasteiger partial charge in [0.05, 0.1) is 22.6 Å². The summed E-state index contributed by atoms with van der Waals surface area (Å²) in [6.07, 6.45) is -3.90. The van der Waals surface area contributed by atoms with Crippen molar-refractivity contribution >= 4 is 5.97 Å². The van der Waals surface area contributed by atoms with Crippen LogP contribution in [0.4, 0.5) is 17.6 Å². The van der Waals surface area contributed by atoms with E-state index < -0.39 is 46.5 Å². The summed E-state index contributed by atoms with van der Waals surface area (Å²) in [5.41, 5.74) is -3.06. The van der Waals surface area contributed by atoms with Gasteiger partial charge in [-0.3, -0.25) is 4.79 Å². The van der Waals surface area contributed by atoms with Crippen molar-refractivity contribution in [1.29, 1.82) is 5.26 Å². The van der Waals surface area contributed by atoms with Gasteiger partial charge in [0.1, 0.15) is 5.82 Å². The third-order valence-electron chi connectivity index (χ3n) is 5.53. The number of carboxylic acids is 1. The maximum absolute atomic E-state index is 13.7. The highest BCUT2D eigenvalue weighted by molar-refractivity contribution is 5.80. The number of alkyl halides is 3. The smallest absolute Gasteiger partial charge is 0.416 e. The van der Waals surface area contributed by atoms with Gasteiger partial charge in [0, 0.05) is 17.7 Å². The highest BCUT2D eigenvalue weighted by atomic mass is 19.4. The Labute approximate surface area is 160 Å². The van der Waals surface area contributed by atoms with Gasteiger partial charge in [0.2, 0.25) is 0 Å². The molecule has 0 bridgehead atoms. The molecule has 28 heavy (non-hydrogen) atoms. The zero-order chi connectivity index (χ0) is 21.3. The van der Waals surface area contributed by atoms with Gasteiger partial charge in [-0.05, 0) is 37.5 Å². The largest absolute Gasteiger partial charge is 0.481 e. The first-order valence-corrected chi connectivity index (χ1v) is 9.01. The van der Waals surface area contributed by atoms with E-state index in [4.69, 9.17) is 0 Å². The SMILES string of the molecule is CCCC1NC(C)=C(C#N)C(c2ccc(F)cc2C(F)(F)F)C1(CC)C(=O)O. The number of nitriles is 1. The van der Waals surface area contributed by atoms with Crippen molar-refractivity contribution < 1.29 is 27.5 Å². The molecule has 0 fully saturated rings. The number of hydrogen-bond donors (Lipinski definition) is 2. The fourth-order valence-corrected chi connectivity index (χ4v) is 4.24. The van der Waals surface area contributed by atoms with Gasteiger partial charge in [-0.1, -0.05) is 26.3 Å². The lowest BCUT2D eigenvalue weighted by Gasteiger charge is -2.47. The molecule has 1 heterocycles. The Morgan fingerprint density at radius 2 is 2.00 bits per heavy atom. The van der Waals surface area contributed by atoms with Crippen molar-refractivity contribution in [3.8, 4) is 6.07 Å². The average molecular weight is 398 g/mol. The summed E-state index contributed by atoms with van der Waals surface area (Å²) < 4.78 is 54.7. The molecule has 0 spiro atoms. The van der Waals surface area contributed by atoms with Crippen LogP contribution in [0.5, 0.6) is 0 Å². The molecule has 152 valence electrons. The summed E-state index contributed by atoms with van der Waals surface area (Å²) in [4.78, 5) is 12.4. The molecule has 3 unspecified atom stereocenters. The molecule has 1 aromatic carbocycles. The van der Waals surface area contributed by atoms with Gasteiger partial charge < -0.3 is 10.4 Å². The second-order valence-corrected chi connectivity index (χ2v) is 7.00. The van der Waals surface area contributed by atoms with Gasteiger partial charge in [-0.2, -0.15) is 18.4 Å². The molecular formula is C20H22F4N2O2.